The standard InChI is InChI=1S/C13H17ClN4O3/c1-13(2,3)7-8(6-11(19)20)18-12(15-16-17-18)9-4-5-10(14)21-9/h4-5,8H,6-7H2,1-3H3,(H,19,20). The first-order valence-electron chi connectivity index (χ1n) is 6.51. The van der Waals surface area contributed by atoms with E-state index in [2.05, 4.69) is 15.5 Å². The lowest BCUT2D eigenvalue weighted by Crippen LogP contribution is -2.22. The normalized spacial score (nSPS) is 13.3. The number of hydrogen-bond acceptors (Lipinski definition) is 5. The Morgan fingerprint density at radius 1 is 1.48 bits per heavy atom. The predicted molar refractivity (Wildman–Crippen MR) is 75.9 cm³/mol. The lowest BCUT2D eigenvalue weighted by molar-refractivity contribution is -0.138. The Hall–Kier alpha value is -1.89. The number of nitrogens with zero attached hydrogens (tertiary/aromatic N) is 4. The molecule has 1 N–H and O–H groups in total. The van der Waals surface area contributed by atoms with E-state index in [9.17, 15) is 4.79 Å². The minimum Gasteiger partial charge on any atom is -0.481 e. The highest BCUT2D eigenvalue weighted by molar-refractivity contribution is 6.28. The third-order valence-corrected chi connectivity index (χ3v) is 3.09. The third-order valence-electron chi connectivity index (χ3n) is 2.89. The van der Waals surface area contributed by atoms with Crippen molar-refractivity contribution in [3.05, 3.63) is 17.4 Å². The molecule has 0 saturated heterocycles. The van der Waals surface area contributed by atoms with Gasteiger partial charge in [0.15, 0.2) is 11.0 Å². The average molecular weight is 313 g/mol. The summed E-state index contributed by atoms with van der Waals surface area (Å²) in [6.45, 7) is 6.11. The van der Waals surface area contributed by atoms with E-state index >= 15 is 0 Å². The number of furan rings is 1. The van der Waals surface area contributed by atoms with Crippen LogP contribution in [0.2, 0.25) is 5.22 Å². The molecular formula is C13H17ClN4O3. The largest absolute Gasteiger partial charge is 0.481 e. The Kier molecular flexibility index (Phi) is 4.32. The Labute approximate surface area is 126 Å². The van der Waals surface area contributed by atoms with Gasteiger partial charge >= 0.3 is 5.97 Å². The summed E-state index contributed by atoms with van der Waals surface area (Å²) in [5.41, 5.74) is -0.0653. The minimum absolute atomic E-state index is 0.0653. The first kappa shape index (κ1) is 15.5. The van der Waals surface area contributed by atoms with Gasteiger partial charge in [-0.2, -0.15) is 0 Å². The molecule has 2 heterocycles. The highest BCUT2D eigenvalue weighted by Crippen LogP contribution is 2.32. The van der Waals surface area contributed by atoms with Crippen LogP contribution in [0.25, 0.3) is 11.6 Å². The summed E-state index contributed by atoms with van der Waals surface area (Å²) in [5.74, 6) is -0.116. The van der Waals surface area contributed by atoms with Crippen molar-refractivity contribution >= 4 is 17.6 Å². The maximum Gasteiger partial charge on any atom is 0.305 e. The van der Waals surface area contributed by atoms with Crippen LogP contribution < -0.4 is 0 Å². The van der Waals surface area contributed by atoms with Crippen LogP contribution in [-0.4, -0.2) is 31.3 Å². The van der Waals surface area contributed by atoms with Crippen LogP contribution >= 0.6 is 11.6 Å². The maximum atomic E-state index is 11.1. The second kappa shape index (κ2) is 5.85. The topological polar surface area (TPSA) is 94.0 Å². The van der Waals surface area contributed by atoms with Gasteiger partial charge in [0.2, 0.25) is 5.82 Å². The van der Waals surface area contributed by atoms with Gasteiger partial charge in [-0.3, -0.25) is 4.79 Å². The van der Waals surface area contributed by atoms with E-state index in [-0.39, 0.29) is 23.1 Å². The Morgan fingerprint density at radius 3 is 2.71 bits per heavy atom. The van der Waals surface area contributed by atoms with Crippen molar-refractivity contribution in [3.8, 4) is 11.6 Å². The second-order valence-corrected chi connectivity index (χ2v) is 6.44. The Balaban J connectivity index is 2.36. The molecule has 21 heavy (non-hydrogen) atoms. The number of tetrazole rings is 1. The number of carboxylic acids is 1. The first-order valence-corrected chi connectivity index (χ1v) is 6.89. The van der Waals surface area contributed by atoms with Crippen molar-refractivity contribution in [3.63, 3.8) is 0 Å². The van der Waals surface area contributed by atoms with Crippen molar-refractivity contribution in [2.24, 2.45) is 5.41 Å². The molecule has 0 spiro atoms. The highest BCUT2D eigenvalue weighted by atomic mass is 35.5. The molecule has 0 aliphatic carbocycles. The molecule has 0 radical (unpaired) electrons. The zero-order valence-corrected chi connectivity index (χ0v) is 12.8. The smallest absolute Gasteiger partial charge is 0.305 e. The van der Waals surface area contributed by atoms with Crippen LogP contribution in [0, 0.1) is 5.41 Å². The van der Waals surface area contributed by atoms with Gasteiger partial charge in [-0.25, -0.2) is 4.68 Å². The molecule has 2 aromatic heterocycles. The predicted octanol–water partition coefficient (Wildman–Crippen LogP) is 3.04. The van der Waals surface area contributed by atoms with Gasteiger partial charge < -0.3 is 9.52 Å². The van der Waals surface area contributed by atoms with Gasteiger partial charge in [0.05, 0.1) is 12.5 Å². The molecule has 0 bridgehead atoms. The van der Waals surface area contributed by atoms with Crippen molar-refractivity contribution in [2.45, 2.75) is 39.7 Å². The summed E-state index contributed by atoms with van der Waals surface area (Å²) in [5, 5.41) is 20.8. The van der Waals surface area contributed by atoms with Crippen LogP contribution in [0.3, 0.4) is 0 Å². The summed E-state index contributed by atoms with van der Waals surface area (Å²) in [4.78, 5) is 11.1. The molecular weight excluding hydrogens is 296 g/mol. The van der Waals surface area contributed by atoms with Crippen molar-refractivity contribution in [1.82, 2.24) is 20.2 Å². The number of hydrogen-bond donors (Lipinski definition) is 1. The van der Waals surface area contributed by atoms with E-state index in [1.807, 2.05) is 20.8 Å². The molecule has 2 aromatic rings. The van der Waals surface area contributed by atoms with Gasteiger partial charge in [-0.05, 0) is 46.0 Å². The molecule has 0 aromatic carbocycles. The molecule has 1 unspecified atom stereocenters. The van der Waals surface area contributed by atoms with Gasteiger partial charge in [-0.15, -0.1) is 5.10 Å². The van der Waals surface area contributed by atoms with Crippen LogP contribution in [0.15, 0.2) is 16.5 Å². The first-order chi connectivity index (χ1) is 9.76. The quantitative estimate of drug-likeness (QED) is 0.912. The molecule has 7 nitrogen and oxygen atoms in total. The number of carbonyl (C=O) groups is 1. The molecule has 1 atom stereocenters. The monoisotopic (exact) mass is 312 g/mol. The van der Waals surface area contributed by atoms with Gasteiger partial charge in [0.25, 0.3) is 0 Å². The molecule has 2 rings (SSSR count). The summed E-state index contributed by atoms with van der Waals surface area (Å²) in [6, 6.07) is 2.88. The number of aromatic nitrogens is 4. The van der Waals surface area contributed by atoms with Crippen molar-refractivity contribution in [2.75, 3.05) is 0 Å². The fourth-order valence-electron chi connectivity index (χ4n) is 2.19. The Bertz CT molecular complexity index is 629. The van der Waals surface area contributed by atoms with Crippen molar-refractivity contribution in [1.29, 1.82) is 0 Å². The molecule has 0 aliphatic rings. The third kappa shape index (κ3) is 4.04. The summed E-state index contributed by atoms with van der Waals surface area (Å²) < 4.78 is 6.80. The van der Waals surface area contributed by atoms with E-state index in [1.54, 1.807) is 12.1 Å². The van der Waals surface area contributed by atoms with E-state index in [0.717, 1.165) is 0 Å². The van der Waals surface area contributed by atoms with Crippen LogP contribution in [0.1, 0.15) is 39.7 Å². The summed E-state index contributed by atoms with van der Waals surface area (Å²) in [7, 11) is 0. The van der Waals surface area contributed by atoms with E-state index in [4.69, 9.17) is 21.1 Å². The number of rotatable bonds is 5. The molecule has 0 amide bonds. The summed E-state index contributed by atoms with van der Waals surface area (Å²) in [6.07, 6.45) is 0.551. The zero-order chi connectivity index (χ0) is 15.6. The second-order valence-electron chi connectivity index (χ2n) is 6.07. The fourth-order valence-corrected chi connectivity index (χ4v) is 2.34. The van der Waals surface area contributed by atoms with Crippen molar-refractivity contribution < 1.29 is 14.3 Å². The summed E-state index contributed by atoms with van der Waals surface area (Å²) >= 11 is 5.76. The zero-order valence-electron chi connectivity index (χ0n) is 12.1. The minimum atomic E-state index is -0.900. The molecule has 8 heteroatoms. The molecule has 0 aliphatic heterocycles. The Morgan fingerprint density at radius 2 is 2.19 bits per heavy atom. The van der Waals surface area contributed by atoms with Crippen LogP contribution in [0.5, 0.6) is 0 Å². The van der Waals surface area contributed by atoms with Gasteiger partial charge in [0, 0.05) is 0 Å². The van der Waals surface area contributed by atoms with E-state index in [1.165, 1.54) is 4.68 Å². The van der Waals surface area contributed by atoms with Gasteiger partial charge in [0.1, 0.15) is 0 Å². The number of halogens is 1. The SMILES string of the molecule is CC(C)(C)CC(CC(=O)O)n1nnnc1-c1ccc(Cl)o1. The lowest BCUT2D eigenvalue weighted by Gasteiger charge is -2.25. The fraction of sp³-hybridized carbons (Fsp3) is 0.538. The molecule has 0 saturated carbocycles. The molecule has 0 fully saturated rings. The number of aliphatic carboxylic acids is 1. The highest BCUT2D eigenvalue weighted by Gasteiger charge is 2.27. The van der Waals surface area contributed by atoms with Gasteiger partial charge in [-0.1, -0.05) is 20.8 Å². The van der Waals surface area contributed by atoms with E-state index < -0.39 is 5.97 Å². The molecule has 114 valence electrons. The van der Waals surface area contributed by atoms with Crippen LogP contribution in [0.4, 0.5) is 0 Å². The number of carboxylic acid groups (broad SMARTS) is 1. The van der Waals surface area contributed by atoms with Crippen LogP contribution in [-0.2, 0) is 4.79 Å². The van der Waals surface area contributed by atoms with E-state index in [0.29, 0.717) is 18.0 Å². The maximum absolute atomic E-state index is 11.1. The lowest BCUT2D eigenvalue weighted by atomic mass is 9.87. The average Bonchev–Trinajstić information content (AvgIpc) is 2.93.